The molecule has 2 aromatic rings. The van der Waals surface area contributed by atoms with E-state index in [0.29, 0.717) is 30.8 Å². The van der Waals surface area contributed by atoms with Gasteiger partial charge in [-0.3, -0.25) is 9.59 Å². The molecule has 0 atom stereocenters. The molecule has 0 heterocycles. The van der Waals surface area contributed by atoms with Crippen LogP contribution in [0.5, 0.6) is 0 Å². The van der Waals surface area contributed by atoms with Crippen LogP contribution in [-0.4, -0.2) is 56.6 Å². The Labute approximate surface area is 178 Å². The molecule has 0 bridgehead atoms. The molecule has 162 valence electrons. The molecule has 8 heteroatoms. The Balaban J connectivity index is 1.97. The minimum atomic E-state index is -3.48. The molecule has 30 heavy (non-hydrogen) atoms. The van der Waals surface area contributed by atoms with E-state index in [1.807, 2.05) is 0 Å². The summed E-state index contributed by atoms with van der Waals surface area (Å²) in [6.07, 6.45) is 0.724. The van der Waals surface area contributed by atoms with Crippen LogP contribution in [0.4, 0.5) is 5.69 Å². The Morgan fingerprint density at radius 2 is 1.60 bits per heavy atom. The van der Waals surface area contributed by atoms with Crippen molar-refractivity contribution in [2.24, 2.45) is 0 Å². The first kappa shape index (κ1) is 23.6. The van der Waals surface area contributed by atoms with Crippen molar-refractivity contribution in [1.29, 1.82) is 0 Å². The normalized spacial score (nSPS) is 11.4. The number of amides is 2. The van der Waals surface area contributed by atoms with Gasteiger partial charge in [-0.2, -0.15) is 4.31 Å². The summed E-state index contributed by atoms with van der Waals surface area (Å²) in [5.74, 6) is -0.310. The molecule has 0 radical (unpaired) electrons. The smallest absolute Gasteiger partial charge is 0.253 e. The highest BCUT2D eigenvalue weighted by Gasteiger charge is 2.21. The van der Waals surface area contributed by atoms with Crippen LogP contribution in [0.2, 0.25) is 0 Å². The van der Waals surface area contributed by atoms with Gasteiger partial charge in [0, 0.05) is 44.9 Å². The average molecular weight is 432 g/mol. The highest BCUT2D eigenvalue weighted by molar-refractivity contribution is 7.89. The fourth-order valence-electron chi connectivity index (χ4n) is 3.01. The number of sulfonamides is 1. The summed E-state index contributed by atoms with van der Waals surface area (Å²) in [5, 5.41) is 2.80. The maximum Gasteiger partial charge on any atom is 0.253 e. The maximum atomic E-state index is 12.5. The molecule has 0 fully saturated rings. The summed E-state index contributed by atoms with van der Waals surface area (Å²) in [4.78, 5) is 26.1. The number of nitrogens with one attached hydrogen (secondary N) is 1. The number of hydrogen-bond donors (Lipinski definition) is 1. The largest absolute Gasteiger partial charge is 0.345 e. The molecule has 0 aromatic heterocycles. The SMILES string of the molecule is CCN(CC)S(=O)(=O)c1ccc(CCC(=O)Nc2cccc(C(=O)N(C)C)c2)cc1. The van der Waals surface area contributed by atoms with Gasteiger partial charge < -0.3 is 10.2 Å². The van der Waals surface area contributed by atoms with Crippen LogP contribution >= 0.6 is 0 Å². The van der Waals surface area contributed by atoms with Crippen molar-refractivity contribution in [2.75, 3.05) is 32.5 Å². The lowest BCUT2D eigenvalue weighted by molar-refractivity contribution is -0.116. The zero-order chi connectivity index (χ0) is 22.3. The Bertz CT molecular complexity index is 982. The molecule has 2 rings (SSSR count). The summed E-state index contributed by atoms with van der Waals surface area (Å²) >= 11 is 0. The second kappa shape index (κ2) is 10.4. The van der Waals surface area contributed by atoms with E-state index in [2.05, 4.69) is 5.32 Å². The quantitative estimate of drug-likeness (QED) is 0.661. The first-order valence-electron chi connectivity index (χ1n) is 9.89. The van der Waals surface area contributed by atoms with Crippen LogP contribution in [0.1, 0.15) is 36.2 Å². The van der Waals surface area contributed by atoms with Gasteiger partial charge >= 0.3 is 0 Å². The number of hydrogen-bond acceptors (Lipinski definition) is 4. The third-order valence-electron chi connectivity index (χ3n) is 4.71. The summed E-state index contributed by atoms with van der Waals surface area (Å²) in [5.41, 5.74) is 1.94. The van der Waals surface area contributed by atoms with Crippen LogP contribution in [0, 0.1) is 0 Å². The van der Waals surface area contributed by atoms with E-state index in [4.69, 9.17) is 0 Å². The lowest BCUT2D eigenvalue weighted by atomic mass is 10.1. The first-order chi connectivity index (χ1) is 14.2. The number of benzene rings is 2. The van der Waals surface area contributed by atoms with Crippen LogP contribution in [0.3, 0.4) is 0 Å². The van der Waals surface area contributed by atoms with Gasteiger partial charge in [0.25, 0.3) is 5.91 Å². The molecule has 0 aliphatic heterocycles. The number of anilines is 1. The molecule has 0 spiro atoms. The van der Waals surface area contributed by atoms with Gasteiger partial charge in [0.05, 0.1) is 4.90 Å². The molecule has 0 saturated carbocycles. The van der Waals surface area contributed by atoms with Gasteiger partial charge in [-0.15, -0.1) is 0 Å². The van der Waals surface area contributed by atoms with E-state index in [9.17, 15) is 18.0 Å². The van der Waals surface area contributed by atoms with Crippen molar-refractivity contribution in [2.45, 2.75) is 31.6 Å². The van der Waals surface area contributed by atoms with Crippen LogP contribution in [0.25, 0.3) is 0 Å². The number of rotatable bonds is 9. The Hall–Kier alpha value is -2.71. The average Bonchev–Trinajstić information content (AvgIpc) is 2.72. The van der Waals surface area contributed by atoms with Crippen LogP contribution in [0.15, 0.2) is 53.4 Å². The molecule has 0 aliphatic carbocycles. The summed E-state index contributed by atoms with van der Waals surface area (Å²) in [6, 6.07) is 13.4. The molecule has 2 amide bonds. The van der Waals surface area contributed by atoms with Crippen molar-refractivity contribution in [1.82, 2.24) is 9.21 Å². The number of aryl methyl sites for hydroxylation is 1. The molecule has 0 unspecified atom stereocenters. The van der Waals surface area contributed by atoms with Crippen molar-refractivity contribution in [3.8, 4) is 0 Å². The molecule has 2 aromatic carbocycles. The van der Waals surface area contributed by atoms with Crippen molar-refractivity contribution >= 4 is 27.5 Å². The molecule has 1 N–H and O–H groups in total. The highest BCUT2D eigenvalue weighted by Crippen LogP contribution is 2.17. The molecular weight excluding hydrogens is 402 g/mol. The lowest BCUT2D eigenvalue weighted by Crippen LogP contribution is -2.30. The van der Waals surface area contributed by atoms with Gasteiger partial charge in [-0.25, -0.2) is 8.42 Å². The van der Waals surface area contributed by atoms with Crippen LogP contribution < -0.4 is 5.32 Å². The number of carbonyl (C=O) groups excluding carboxylic acids is 2. The van der Waals surface area contributed by atoms with Gasteiger partial charge in [-0.1, -0.05) is 32.0 Å². The Kier molecular flexibility index (Phi) is 8.14. The van der Waals surface area contributed by atoms with E-state index >= 15 is 0 Å². The van der Waals surface area contributed by atoms with E-state index in [-0.39, 0.29) is 23.1 Å². The third kappa shape index (κ3) is 5.90. The minimum absolute atomic E-state index is 0.133. The van der Waals surface area contributed by atoms with Gasteiger partial charge in [0.2, 0.25) is 15.9 Å². The first-order valence-corrected chi connectivity index (χ1v) is 11.3. The zero-order valence-electron chi connectivity index (χ0n) is 17.9. The van der Waals surface area contributed by atoms with Gasteiger partial charge in [-0.05, 0) is 42.3 Å². The predicted molar refractivity (Wildman–Crippen MR) is 118 cm³/mol. The summed E-state index contributed by atoms with van der Waals surface area (Å²) < 4.78 is 26.5. The minimum Gasteiger partial charge on any atom is -0.345 e. The lowest BCUT2D eigenvalue weighted by Gasteiger charge is -2.18. The third-order valence-corrected chi connectivity index (χ3v) is 6.77. The molecular formula is C22H29N3O4S. The van der Waals surface area contributed by atoms with E-state index in [1.54, 1.807) is 76.5 Å². The van der Waals surface area contributed by atoms with Gasteiger partial charge in [0.1, 0.15) is 0 Å². The standard InChI is InChI=1S/C22H29N3O4S/c1-5-25(6-2)30(28,29)20-13-10-17(11-14-20)12-15-21(26)23-19-9-7-8-18(16-19)22(27)24(3)4/h7-11,13-14,16H,5-6,12,15H2,1-4H3,(H,23,26). The van der Waals surface area contributed by atoms with E-state index in [0.717, 1.165) is 5.56 Å². The second-order valence-corrected chi connectivity index (χ2v) is 9.00. The summed E-state index contributed by atoms with van der Waals surface area (Å²) in [6.45, 7) is 4.45. The second-order valence-electron chi connectivity index (χ2n) is 7.06. The van der Waals surface area contributed by atoms with E-state index in [1.165, 1.54) is 9.21 Å². The predicted octanol–water partition coefficient (Wildman–Crippen LogP) is 2.99. The topological polar surface area (TPSA) is 86.8 Å². The number of carbonyl (C=O) groups is 2. The maximum absolute atomic E-state index is 12.5. The fourth-order valence-corrected chi connectivity index (χ4v) is 4.47. The van der Waals surface area contributed by atoms with Gasteiger partial charge in [0.15, 0.2) is 0 Å². The number of nitrogens with zero attached hydrogens (tertiary/aromatic N) is 2. The Morgan fingerprint density at radius 3 is 2.17 bits per heavy atom. The Morgan fingerprint density at radius 1 is 0.967 bits per heavy atom. The highest BCUT2D eigenvalue weighted by atomic mass is 32.2. The van der Waals surface area contributed by atoms with Crippen molar-refractivity contribution in [3.05, 3.63) is 59.7 Å². The zero-order valence-corrected chi connectivity index (χ0v) is 18.7. The van der Waals surface area contributed by atoms with Crippen LogP contribution in [-0.2, 0) is 21.2 Å². The molecule has 7 nitrogen and oxygen atoms in total. The fraction of sp³-hybridized carbons (Fsp3) is 0.364. The monoisotopic (exact) mass is 431 g/mol. The molecule has 0 saturated heterocycles. The van der Waals surface area contributed by atoms with E-state index < -0.39 is 10.0 Å². The molecule has 0 aliphatic rings. The van der Waals surface area contributed by atoms with Crippen molar-refractivity contribution < 1.29 is 18.0 Å². The summed E-state index contributed by atoms with van der Waals surface area (Å²) in [7, 11) is -0.139. The van der Waals surface area contributed by atoms with Crippen molar-refractivity contribution in [3.63, 3.8) is 0 Å².